The van der Waals surface area contributed by atoms with Crippen molar-refractivity contribution in [2.75, 3.05) is 31.0 Å². The second kappa shape index (κ2) is 10.2. The van der Waals surface area contributed by atoms with Gasteiger partial charge in [-0.2, -0.15) is 0 Å². The van der Waals surface area contributed by atoms with Crippen molar-refractivity contribution in [1.82, 2.24) is 4.98 Å². The molecule has 5 rings (SSSR count). The molecule has 8 heteroatoms. The number of carbonyl (C=O) groups excluding carboxylic acids is 2. The Labute approximate surface area is 232 Å². The number of carbonyl (C=O) groups is 2. The molecule has 1 unspecified atom stereocenters. The summed E-state index contributed by atoms with van der Waals surface area (Å²) in [6.07, 6.45) is 0. The molecule has 1 aliphatic rings. The second-order valence-electron chi connectivity index (χ2n) is 10.2. The van der Waals surface area contributed by atoms with E-state index in [1.165, 1.54) is 16.2 Å². The van der Waals surface area contributed by atoms with Crippen LogP contribution in [0.5, 0.6) is 5.75 Å². The molecule has 3 aromatic carbocycles. The van der Waals surface area contributed by atoms with Gasteiger partial charge in [-0.1, -0.05) is 43.4 Å². The van der Waals surface area contributed by atoms with Gasteiger partial charge in [0.2, 0.25) is 0 Å². The minimum Gasteiger partial charge on any atom is -0.507 e. The molecule has 1 fully saturated rings. The summed E-state index contributed by atoms with van der Waals surface area (Å²) in [5, 5.41) is 12.0. The van der Waals surface area contributed by atoms with Crippen molar-refractivity contribution < 1.29 is 19.4 Å². The molecule has 2 heterocycles. The summed E-state index contributed by atoms with van der Waals surface area (Å²) < 4.78 is 6.42. The number of ketones is 1. The lowest BCUT2D eigenvalue weighted by Crippen LogP contribution is -2.29. The van der Waals surface area contributed by atoms with Crippen LogP contribution in [-0.4, -0.2) is 43.0 Å². The van der Waals surface area contributed by atoms with Crippen LogP contribution in [0.4, 0.5) is 10.8 Å². The number of aryl methyl sites for hydroxylation is 1. The molecule has 7 nitrogen and oxygen atoms in total. The van der Waals surface area contributed by atoms with Gasteiger partial charge in [0.05, 0.1) is 28.9 Å². The summed E-state index contributed by atoms with van der Waals surface area (Å²) in [5.74, 6) is -0.865. The van der Waals surface area contributed by atoms with Gasteiger partial charge in [-0.25, -0.2) is 4.98 Å². The number of ether oxygens (including phenoxy) is 1. The molecule has 0 spiro atoms. The number of amides is 1. The number of rotatable bonds is 6. The maximum atomic E-state index is 13.6. The first-order valence-electron chi connectivity index (χ1n) is 12.7. The molecule has 1 saturated heterocycles. The Balaban J connectivity index is 1.72. The smallest absolute Gasteiger partial charge is 0.301 e. The predicted octanol–water partition coefficient (Wildman–Crippen LogP) is 6.43. The zero-order valence-corrected chi connectivity index (χ0v) is 23.7. The molecular formula is C31H31N3O4S. The number of methoxy groups -OCH3 is 1. The normalized spacial score (nSPS) is 16.9. The van der Waals surface area contributed by atoms with Crippen molar-refractivity contribution in [1.29, 1.82) is 0 Å². The highest BCUT2D eigenvalue weighted by Gasteiger charge is 2.48. The number of aliphatic hydroxyl groups is 1. The van der Waals surface area contributed by atoms with Crippen molar-refractivity contribution in [3.8, 4) is 5.75 Å². The summed E-state index contributed by atoms with van der Waals surface area (Å²) in [4.78, 5) is 35.3. The highest BCUT2D eigenvalue weighted by molar-refractivity contribution is 7.22. The van der Waals surface area contributed by atoms with Crippen LogP contribution in [0.2, 0.25) is 0 Å². The third-order valence-electron chi connectivity index (χ3n) is 7.03. The maximum absolute atomic E-state index is 13.6. The molecule has 0 aliphatic carbocycles. The number of fused-ring (bicyclic) bond motifs is 1. The number of hydrogen-bond acceptors (Lipinski definition) is 7. The van der Waals surface area contributed by atoms with Gasteiger partial charge in [-0.15, -0.1) is 0 Å². The SMILES string of the molecule is COc1ccc(/C(O)=C2\C(=O)C(=O)N(c3nc4ccc(C)cc4s3)C2c2ccc(N(C)C)cc2)cc1C(C)C. The molecule has 1 aliphatic heterocycles. The predicted molar refractivity (Wildman–Crippen MR) is 157 cm³/mol. The monoisotopic (exact) mass is 541 g/mol. The molecular weight excluding hydrogens is 510 g/mol. The quantitative estimate of drug-likeness (QED) is 0.172. The number of anilines is 2. The van der Waals surface area contributed by atoms with Gasteiger partial charge in [0, 0.05) is 25.3 Å². The van der Waals surface area contributed by atoms with E-state index in [4.69, 9.17) is 9.72 Å². The molecule has 0 radical (unpaired) electrons. The number of hydrogen-bond donors (Lipinski definition) is 1. The standard InChI is InChI=1S/C31H31N3O4S/c1-17(2)22-16-20(10-14-24(22)38-6)28(35)26-27(19-8-11-21(12-9-19)33(4)5)34(30(37)29(26)36)31-32-23-13-7-18(3)15-25(23)39-31/h7-17,27,35H,1-6H3/b28-26+. The zero-order chi connectivity index (χ0) is 28.0. The lowest BCUT2D eigenvalue weighted by molar-refractivity contribution is -0.132. The number of benzene rings is 3. The Morgan fingerprint density at radius 1 is 1.05 bits per heavy atom. The maximum Gasteiger partial charge on any atom is 0.301 e. The number of aliphatic hydroxyl groups excluding tert-OH is 1. The topological polar surface area (TPSA) is 83.0 Å². The molecule has 0 saturated carbocycles. The summed E-state index contributed by atoms with van der Waals surface area (Å²) in [5.41, 5.74) is 4.89. The Kier molecular flexibility index (Phi) is 6.91. The first-order valence-corrected chi connectivity index (χ1v) is 13.6. The average Bonchev–Trinajstić information content (AvgIpc) is 3.45. The largest absolute Gasteiger partial charge is 0.507 e. The number of aromatic nitrogens is 1. The second-order valence-corrected chi connectivity index (χ2v) is 11.2. The first kappa shape index (κ1) is 26.4. The van der Waals surface area contributed by atoms with E-state index in [0.717, 1.165) is 27.0 Å². The van der Waals surface area contributed by atoms with Gasteiger partial charge in [-0.3, -0.25) is 14.5 Å². The van der Waals surface area contributed by atoms with E-state index in [2.05, 4.69) is 0 Å². The Bertz CT molecular complexity index is 1620. The average molecular weight is 542 g/mol. The van der Waals surface area contributed by atoms with E-state index in [1.54, 1.807) is 19.2 Å². The molecule has 4 aromatic rings. The van der Waals surface area contributed by atoms with Crippen molar-refractivity contribution in [2.24, 2.45) is 0 Å². The van der Waals surface area contributed by atoms with Gasteiger partial charge in [-0.05, 0) is 72.0 Å². The van der Waals surface area contributed by atoms with Crippen LogP contribution < -0.4 is 14.5 Å². The van der Waals surface area contributed by atoms with Crippen LogP contribution in [0.3, 0.4) is 0 Å². The van der Waals surface area contributed by atoms with E-state index in [0.29, 0.717) is 22.0 Å². The van der Waals surface area contributed by atoms with Gasteiger partial charge in [0.15, 0.2) is 5.13 Å². The molecule has 39 heavy (non-hydrogen) atoms. The Morgan fingerprint density at radius 3 is 2.41 bits per heavy atom. The summed E-state index contributed by atoms with van der Waals surface area (Å²) >= 11 is 1.35. The highest BCUT2D eigenvalue weighted by atomic mass is 32.1. The lowest BCUT2D eigenvalue weighted by atomic mass is 9.93. The fourth-order valence-electron chi connectivity index (χ4n) is 4.91. The Morgan fingerprint density at radius 2 is 1.77 bits per heavy atom. The summed E-state index contributed by atoms with van der Waals surface area (Å²) in [6.45, 7) is 6.06. The van der Waals surface area contributed by atoms with Crippen molar-refractivity contribution >= 4 is 49.8 Å². The zero-order valence-electron chi connectivity index (χ0n) is 22.9. The molecule has 0 bridgehead atoms. The number of Topliss-reactive ketones (excluding diaryl/α,β-unsaturated/α-hetero) is 1. The molecule has 1 N–H and O–H groups in total. The number of nitrogens with zero attached hydrogens (tertiary/aromatic N) is 3. The van der Waals surface area contributed by atoms with Crippen LogP contribution >= 0.6 is 11.3 Å². The lowest BCUT2D eigenvalue weighted by Gasteiger charge is -2.24. The third-order valence-corrected chi connectivity index (χ3v) is 8.05. The van der Waals surface area contributed by atoms with E-state index in [-0.39, 0.29) is 17.3 Å². The van der Waals surface area contributed by atoms with E-state index >= 15 is 0 Å². The summed E-state index contributed by atoms with van der Waals surface area (Å²) in [6, 6.07) is 18.0. The van der Waals surface area contributed by atoms with Crippen molar-refractivity contribution in [3.63, 3.8) is 0 Å². The van der Waals surface area contributed by atoms with Crippen LogP contribution in [0, 0.1) is 6.92 Å². The molecule has 1 amide bonds. The Hall–Kier alpha value is -4.17. The van der Waals surface area contributed by atoms with Crippen LogP contribution in [0.15, 0.2) is 66.2 Å². The third kappa shape index (κ3) is 4.65. The van der Waals surface area contributed by atoms with Crippen molar-refractivity contribution in [2.45, 2.75) is 32.7 Å². The van der Waals surface area contributed by atoms with Crippen LogP contribution in [-0.2, 0) is 9.59 Å². The summed E-state index contributed by atoms with van der Waals surface area (Å²) in [7, 11) is 5.49. The van der Waals surface area contributed by atoms with Gasteiger partial charge in [0.1, 0.15) is 11.5 Å². The molecule has 1 atom stereocenters. The van der Waals surface area contributed by atoms with E-state index < -0.39 is 17.7 Å². The van der Waals surface area contributed by atoms with Gasteiger partial charge >= 0.3 is 5.91 Å². The molecule has 1 aromatic heterocycles. The van der Waals surface area contributed by atoms with Crippen LogP contribution in [0.25, 0.3) is 16.0 Å². The van der Waals surface area contributed by atoms with Crippen LogP contribution in [0.1, 0.15) is 48.1 Å². The fraction of sp³-hybridized carbons (Fsp3) is 0.258. The van der Waals surface area contributed by atoms with E-state index in [9.17, 15) is 14.7 Å². The van der Waals surface area contributed by atoms with Gasteiger partial charge < -0.3 is 14.7 Å². The number of thiazole rings is 1. The van der Waals surface area contributed by atoms with Crippen molar-refractivity contribution in [3.05, 3.63) is 88.5 Å². The minimum atomic E-state index is -0.840. The van der Waals surface area contributed by atoms with E-state index in [1.807, 2.05) is 88.3 Å². The highest BCUT2D eigenvalue weighted by Crippen LogP contribution is 2.45. The first-order chi connectivity index (χ1) is 18.6. The fourth-order valence-corrected chi connectivity index (χ4v) is 6.00. The van der Waals surface area contributed by atoms with Gasteiger partial charge in [0.25, 0.3) is 5.78 Å². The minimum absolute atomic E-state index is 0.0351. The molecule has 200 valence electrons.